The number of aromatic amines is 1. The van der Waals surface area contributed by atoms with E-state index in [9.17, 15) is 9.59 Å². The Labute approximate surface area is 162 Å². The number of pyridine rings is 1. The van der Waals surface area contributed by atoms with Gasteiger partial charge in [-0.25, -0.2) is 19.4 Å². The minimum Gasteiger partial charge on any atom is -0.465 e. The number of aromatic nitrogens is 5. The van der Waals surface area contributed by atoms with Crippen LogP contribution in [0.25, 0.3) is 5.82 Å². The highest BCUT2D eigenvalue weighted by Crippen LogP contribution is 2.22. The molecule has 9 nitrogen and oxygen atoms in total. The van der Waals surface area contributed by atoms with Crippen LogP contribution in [0.5, 0.6) is 0 Å². The summed E-state index contributed by atoms with van der Waals surface area (Å²) < 4.78 is 6.41. The van der Waals surface area contributed by atoms with Crippen LogP contribution in [0.2, 0.25) is 0 Å². The zero-order chi connectivity index (χ0) is 20.1. The van der Waals surface area contributed by atoms with Gasteiger partial charge in [0, 0.05) is 24.0 Å². The molecule has 0 bridgehead atoms. The van der Waals surface area contributed by atoms with Crippen molar-refractivity contribution < 1.29 is 14.3 Å². The molecule has 0 aromatic carbocycles. The fourth-order valence-corrected chi connectivity index (χ4v) is 3.10. The fraction of sp³-hybridized carbons (Fsp3) is 0.316. The third-order valence-electron chi connectivity index (χ3n) is 4.35. The van der Waals surface area contributed by atoms with Gasteiger partial charge in [0.05, 0.1) is 12.7 Å². The summed E-state index contributed by atoms with van der Waals surface area (Å²) in [6, 6.07) is 3.65. The molecule has 0 saturated heterocycles. The molecule has 0 saturated carbocycles. The second kappa shape index (κ2) is 8.47. The van der Waals surface area contributed by atoms with E-state index in [4.69, 9.17) is 4.74 Å². The smallest absolute Gasteiger partial charge is 0.339 e. The highest BCUT2D eigenvalue weighted by atomic mass is 16.5. The molecule has 0 aliphatic carbocycles. The number of esters is 1. The maximum Gasteiger partial charge on any atom is 0.339 e. The van der Waals surface area contributed by atoms with Gasteiger partial charge in [-0.15, -0.1) is 0 Å². The minimum atomic E-state index is -0.447. The van der Waals surface area contributed by atoms with Crippen LogP contribution in [-0.4, -0.2) is 43.7 Å². The molecule has 1 amide bonds. The molecule has 28 heavy (non-hydrogen) atoms. The quantitative estimate of drug-likeness (QED) is 0.604. The molecule has 0 radical (unpaired) electrons. The number of ether oxygens (including phenoxy) is 1. The van der Waals surface area contributed by atoms with Crippen LogP contribution in [0.3, 0.4) is 0 Å². The number of carbonyl (C=O) groups is 2. The van der Waals surface area contributed by atoms with E-state index in [0.717, 1.165) is 12.0 Å². The lowest BCUT2D eigenvalue weighted by atomic mass is 10.0. The summed E-state index contributed by atoms with van der Waals surface area (Å²) in [5, 5.41) is 6.98. The number of carbonyl (C=O) groups excluding carboxylic acids is 2. The number of hydrogen-bond donors (Lipinski definition) is 2. The molecule has 0 aliphatic rings. The Morgan fingerprint density at radius 1 is 1.36 bits per heavy atom. The van der Waals surface area contributed by atoms with Crippen LogP contribution in [-0.2, 0) is 17.7 Å². The molecule has 2 N–H and O–H groups in total. The van der Waals surface area contributed by atoms with Gasteiger partial charge in [0.1, 0.15) is 18.3 Å². The number of nitrogens with one attached hydrogen (secondary N) is 2. The Kier molecular flexibility index (Phi) is 5.83. The predicted molar refractivity (Wildman–Crippen MR) is 101 cm³/mol. The van der Waals surface area contributed by atoms with E-state index >= 15 is 0 Å². The number of aryl methyl sites for hydroxylation is 1. The standard InChI is InChI=1S/C19H22N6O3/c1-4-6-14-15(19(27)28-3)12(2)24-16(14)18(26)22-9-13-7-5-8-21-17(13)25-11-20-10-23-25/h5,7-8,10-11,24H,4,6,9H2,1-3H3,(H,22,26). The van der Waals surface area contributed by atoms with Gasteiger partial charge < -0.3 is 15.0 Å². The molecule has 3 rings (SSSR count). The van der Waals surface area contributed by atoms with E-state index in [1.54, 1.807) is 25.5 Å². The van der Waals surface area contributed by atoms with Crippen molar-refractivity contribution in [2.75, 3.05) is 7.11 Å². The Balaban J connectivity index is 1.84. The Morgan fingerprint density at radius 2 is 2.18 bits per heavy atom. The van der Waals surface area contributed by atoms with Crippen LogP contribution < -0.4 is 5.32 Å². The van der Waals surface area contributed by atoms with Crippen molar-refractivity contribution in [2.45, 2.75) is 33.2 Å². The second-order valence-corrected chi connectivity index (χ2v) is 6.23. The first-order valence-electron chi connectivity index (χ1n) is 8.93. The Bertz CT molecular complexity index is 978. The normalized spacial score (nSPS) is 10.7. The monoisotopic (exact) mass is 382 g/mol. The first-order valence-corrected chi connectivity index (χ1v) is 8.93. The van der Waals surface area contributed by atoms with Crippen LogP contribution in [0.15, 0.2) is 31.0 Å². The van der Waals surface area contributed by atoms with E-state index in [2.05, 4.69) is 25.4 Å². The molecule has 146 valence electrons. The van der Waals surface area contributed by atoms with Gasteiger partial charge in [-0.2, -0.15) is 5.10 Å². The number of amides is 1. The zero-order valence-electron chi connectivity index (χ0n) is 16.0. The summed E-state index contributed by atoms with van der Waals surface area (Å²) >= 11 is 0. The Hall–Kier alpha value is -3.49. The third kappa shape index (κ3) is 3.78. The summed E-state index contributed by atoms with van der Waals surface area (Å²) in [5.41, 5.74) is 2.89. The topological polar surface area (TPSA) is 115 Å². The molecule has 3 aromatic heterocycles. The molecule has 3 heterocycles. The van der Waals surface area contributed by atoms with Crippen LogP contribution in [0.4, 0.5) is 0 Å². The van der Waals surface area contributed by atoms with E-state index in [1.807, 2.05) is 13.0 Å². The van der Waals surface area contributed by atoms with Gasteiger partial charge in [0.25, 0.3) is 5.91 Å². The highest BCUT2D eigenvalue weighted by Gasteiger charge is 2.24. The van der Waals surface area contributed by atoms with Crippen LogP contribution >= 0.6 is 0 Å². The van der Waals surface area contributed by atoms with Crippen molar-refractivity contribution in [1.82, 2.24) is 30.0 Å². The van der Waals surface area contributed by atoms with E-state index in [1.165, 1.54) is 18.1 Å². The van der Waals surface area contributed by atoms with Crippen LogP contribution in [0.1, 0.15) is 51.0 Å². The molecule has 0 unspecified atom stereocenters. The number of hydrogen-bond acceptors (Lipinski definition) is 6. The molecule has 0 fully saturated rings. The molecule has 0 atom stereocenters. The number of methoxy groups -OCH3 is 1. The SMILES string of the molecule is CCCc1c(C(=O)NCc2cccnc2-n2cncn2)[nH]c(C)c1C(=O)OC. The van der Waals surface area contributed by atoms with E-state index in [-0.39, 0.29) is 12.5 Å². The number of nitrogens with zero attached hydrogens (tertiary/aromatic N) is 4. The zero-order valence-corrected chi connectivity index (χ0v) is 16.0. The number of rotatable bonds is 7. The Morgan fingerprint density at radius 3 is 2.86 bits per heavy atom. The van der Waals surface area contributed by atoms with Crippen molar-refractivity contribution in [3.8, 4) is 5.82 Å². The second-order valence-electron chi connectivity index (χ2n) is 6.23. The van der Waals surface area contributed by atoms with Gasteiger partial charge in [-0.3, -0.25) is 4.79 Å². The maximum absolute atomic E-state index is 12.8. The lowest BCUT2D eigenvalue weighted by Crippen LogP contribution is -2.25. The summed E-state index contributed by atoms with van der Waals surface area (Å²) in [7, 11) is 1.33. The van der Waals surface area contributed by atoms with Gasteiger partial charge in [0.15, 0.2) is 5.82 Å². The number of H-pyrrole nitrogens is 1. The van der Waals surface area contributed by atoms with E-state index in [0.29, 0.717) is 34.8 Å². The maximum atomic E-state index is 12.8. The molecule has 0 aliphatic heterocycles. The fourth-order valence-electron chi connectivity index (χ4n) is 3.10. The lowest BCUT2D eigenvalue weighted by Gasteiger charge is -2.10. The van der Waals surface area contributed by atoms with Gasteiger partial charge >= 0.3 is 5.97 Å². The summed E-state index contributed by atoms with van der Waals surface area (Å²) in [4.78, 5) is 36.2. The molecular weight excluding hydrogens is 360 g/mol. The first kappa shape index (κ1) is 19.3. The molecule has 0 spiro atoms. The van der Waals surface area contributed by atoms with Crippen LogP contribution in [0, 0.1) is 6.92 Å². The van der Waals surface area contributed by atoms with Crippen molar-refractivity contribution in [3.05, 3.63) is 59.1 Å². The molecule has 3 aromatic rings. The van der Waals surface area contributed by atoms with Crippen molar-refractivity contribution in [2.24, 2.45) is 0 Å². The first-order chi connectivity index (χ1) is 13.6. The van der Waals surface area contributed by atoms with Crippen molar-refractivity contribution >= 4 is 11.9 Å². The molecular formula is C19H22N6O3. The van der Waals surface area contributed by atoms with Gasteiger partial charge in [-0.05, 0) is 25.0 Å². The predicted octanol–water partition coefficient (Wildman–Crippen LogP) is 1.97. The average molecular weight is 382 g/mol. The largest absolute Gasteiger partial charge is 0.465 e. The third-order valence-corrected chi connectivity index (χ3v) is 4.35. The van der Waals surface area contributed by atoms with Crippen molar-refractivity contribution in [1.29, 1.82) is 0 Å². The van der Waals surface area contributed by atoms with E-state index < -0.39 is 5.97 Å². The van der Waals surface area contributed by atoms with Crippen molar-refractivity contribution in [3.63, 3.8) is 0 Å². The highest BCUT2D eigenvalue weighted by molar-refractivity contribution is 6.00. The summed E-state index contributed by atoms with van der Waals surface area (Å²) in [5.74, 6) is -0.154. The van der Waals surface area contributed by atoms with Gasteiger partial charge in [0.2, 0.25) is 0 Å². The summed E-state index contributed by atoms with van der Waals surface area (Å²) in [6.45, 7) is 4.00. The lowest BCUT2D eigenvalue weighted by molar-refractivity contribution is 0.0599. The summed E-state index contributed by atoms with van der Waals surface area (Å²) in [6.07, 6.45) is 6.00. The average Bonchev–Trinajstić information content (AvgIpc) is 3.34. The minimum absolute atomic E-state index is 0.249. The molecule has 9 heteroatoms. The van der Waals surface area contributed by atoms with Gasteiger partial charge in [-0.1, -0.05) is 19.4 Å².